The molecule has 1 aliphatic heterocycles. The zero-order valence-corrected chi connectivity index (χ0v) is 18.1. The van der Waals surface area contributed by atoms with Gasteiger partial charge in [0.1, 0.15) is 0 Å². The number of nitrogens with one attached hydrogen (secondary N) is 1. The normalized spacial score (nSPS) is 14.9. The van der Waals surface area contributed by atoms with Gasteiger partial charge in [-0.3, -0.25) is 0 Å². The second kappa shape index (κ2) is 8.95. The van der Waals surface area contributed by atoms with E-state index in [-0.39, 0.29) is 4.90 Å². The molecule has 0 atom stereocenters. The van der Waals surface area contributed by atoms with Gasteiger partial charge in [-0.25, -0.2) is 9.82 Å². The van der Waals surface area contributed by atoms with Gasteiger partial charge in [0.15, 0.2) is 5.13 Å². The lowest BCUT2D eigenvalue weighted by Crippen LogP contribution is -2.36. The second-order valence-electron chi connectivity index (χ2n) is 6.84. The van der Waals surface area contributed by atoms with Crippen molar-refractivity contribution in [3.63, 3.8) is 0 Å². The van der Waals surface area contributed by atoms with Crippen LogP contribution in [0.4, 0.5) is 5.13 Å². The Morgan fingerprint density at radius 1 is 1.10 bits per heavy atom. The minimum atomic E-state index is -3.73. The fraction of sp³-hybridized carbons (Fsp3) is 0.238. The number of hydrogen-bond donors (Lipinski definition) is 1. The summed E-state index contributed by atoms with van der Waals surface area (Å²) in [4.78, 5) is 10.2. The summed E-state index contributed by atoms with van der Waals surface area (Å²) in [6.07, 6.45) is 1.52. The molecule has 3 aromatic rings. The van der Waals surface area contributed by atoms with Crippen molar-refractivity contribution in [2.24, 2.45) is 5.10 Å². The van der Waals surface area contributed by atoms with Gasteiger partial charge in [-0.05, 0) is 19.1 Å². The standard InChI is InChI=1S/C21H22N4O3S2/c1-16-7-9-18(10-8-16)30(26,27)24-22-15-19-20(17-5-3-2-4-6-17)23-21(29-19)25-11-13-28-14-12-25/h2-10,15,24H,11-14H2,1H3/b22-15-. The molecule has 2 heterocycles. The van der Waals surface area contributed by atoms with Crippen molar-refractivity contribution < 1.29 is 13.2 Å². The Kier molecular flexibility index (Phi) is 6.12. The molecule has 9 heteroatoms. The second-order valence-corrected chi connectivity index (χ2v) is 9.51. The average molecular weight is 443 g/mol. The largest absolute Gasteiger partial charge is 0.378 e. The summed E-state index contributed by atoms with van der Waals surface area (Å²) in [7, 11) is -3.73. The number of rotatable bonds is 6. The van der Waals surface area contributed by atoms with Crippen LogP contribution in [0.15, 0.2) is 64.6 Å². The van der Waals surface area contributed by atoms with Crippen LogP contribution >= 0.6 is 11.3 Å². The minimum absolute atomic E-state index is 0.173. The summed E-state index contributed by atoms with van der Waals surface area (Å²) in [6, 6.07) is 16.4. The fourth-order valence-electron chi connectivity index (χ4n) is 3.02. The number of aromatic nitrogens is 1. The molecule has 0 amide bonds. The summed E-state index contributed by atoms with van der Waals surface area (Å²) < 4.78 is 30.4. The Balaban J connectivity index is 1.60. The summed E-state index contributed by atoms with van der Waals surface area (Å²) in [6.45, 7) is 4.79. The summed E-state index contributed by atoms with van der Waals surface area (Å²) in [5, 5.41) is 4.90. The molecule has 1 aliphatic rings. The van der Waals surface area contributed by atoms with Crippen molar-refractivity contribution in [1.82, 2.24) is 9.82 Å². The molecule has 1 fully saturated rings. The van der Waals surface area contributed by atoms with Crippen LogP contribution < -0.4 is 9.73 Å². The number of morpholine rings is 1. The van der Waals surface area contributed by atoms with Crippen molar-refractivity contribution in [3.8, 4) is 11.3 Å². The van der Waals surface area contributed by atoms with Crippen molar-refractivity contribution in [3.05, 3.63) is 65.0 Å². The first-order chi connectivity index (χ1) is 14.5. The predicted octanol–water partition coefficient (Wildman–Crippen LogP) is 3.27. The van der Waals surface area contributed by atoms with Gasteiger partial charge >= 0.3 is 0 Å². The summed E-state index contributed by atoms with van der Waals surface area (Å²) in [5.74, 6) is 0. The molecule has 4 rings (SSSR count). The van der Waals surface area contributed by atoms with Gasteiger partial charge in [0.25, 0.3) is 10.0 Å². The van der Waals surface area contributed by atoms with Crippen LogP contribution in [0.3, 0.4) is 0 Å². The van der Waals surface area contributed by atoms with Gasteiger partial charge in [0.2, 0.25) is 0 Å². The van der Waals surface area contributed by atoms with Crippen LogP contribution in [-0.2, 0) is 14.8 Å². The van der Waals surface area contributed by atoms with Gasteiger partial charge in [0.05, 0.1) is 34.9 Å². The molecule has 0 unspecified atom stereocenters. The van der Waals surface area contributed by atoms with E-state index in [1.165, 1.54) is 17.6 Å². The highest BCUT2D eigenvalue weighted by atomic mass is 32.2. The van der Waals surface area contributed by atoms with Gasteiger partial charge in [-0.15, -0.1) is 0 Å². The molecule has 0 saturated carbocycles. The molecule has 1 aromatic heterocycles. The first-order valence-electron chi connectivity index (χ1n) is 9.53. The Labute approximate surface area is 180 Å². The van der Waals surface area contributed by atoms with Crippen LogP contribution in [0.5, 0.6) is 0 Å². The maximum Gasteiger partial charge on any atom is 0.276 e. The van der Waals surface area contributed by atoms with Crippen LogP contribution in [0.2, 0.25) is 0 Å². The number of benzene rings is 2. The number of hydrogen-bond acceptors (Lipinski definition) is 7. The van der Waals surface area contributed by atoms with Gasteiger partial charge < -0.3 is 9.64 Å². The van der Waals surface area contributed by atoms with E-state index in [4.69, 9.17) is 9.72 Å². The number of nitrogens with zero attached hydrogens (tertiary/aromatic N) is 3. The van der Waals surface area contributed by atoms with E-state index in [9.17, 15) is 8.42 Å². The zero-order chi connectivity index (χ0) is 21.0. The van der Waals surface area contributed by atoms with Crippen molar-refractivity contribution >= 4 is 32.7 Å². The highest BCUT2D eigenvalue weighted by molar-refractivity contribution is 7.89. The molecule has 0 spiro atoms. The maximum atomic E-state index is 12.5. The van der Waals surface area contributed by atoms with E-state index in [0.29, 0.717) is 13.2 Å². The zero-order valence-electron chi connectivity index (χ0n) is 16.5. The number of ether oxygens (including phenoxy) is 1. The highest BCUT2D eigenvalue weighted by Gasteiger charge is 2.19. The van der Waals surface area contributed by atoms with Crippen molar-refractivity contribution in [2.75, 3.05) is 31.2 Å². The number of thiazole rings is 1. The van der Waals surface area contributed by atoms with E-state index in [1.807, 2.05) is 37.3 Å². The first kappa shape index (κ1) is 20.5. The lowest BCUT2D eigenvalue weighted by molar-refractivity contribution is 0.122. The van der Waals surface area contributed by atoms with Crippen LogP contribution in [-0.4, -0.2) is 45.9 Å². The number of sulfonamides is 1. The smallest absolute Gasteiger partial charge is 0.276 e. The van der Waals surface area contributed by atoms with Crippen molar-refractivity contribution in [2.45, 2.75) is 11.8 Å². The third kappa shape index (κ3) is 4.69. The quantitative estimate of drug-likeness (QED) is 0.468. The SMILES string of the molecule is Cc1ccc(S(=O)(=O)N/N=C\c2sc(N3CCOCC3)nc2-c2ccccc2)cc1. The van der Waals surface area contributed by atoms with E-state index in [1.54, 1.807) is 24.3 Å². The molecular formula is C21H22N4O3S2. The van der Waals surface area contributed by atoms with Gasteiger partial charge in [-0.1, -0.05) is 59.4 Å². The average Bonchev–Trinajstić information content (AvgIpc) is 3.19. The monoisotopic (exact) mass is 442 g/mol. The lowest BCUT2D eigenvalue weighted by Gasteiger charge is -2.26. The number of hydrazone groups is 1. The van der Waals surface area contributed by atoms with Crippen LogP contribution in [0.1, 0.15) is 10.4 Å². The van der Waals surface area contributed by atoms with E-state index in [2.05, 4.69) is 14.8 Å². The molecular weight excluding hydrogens is 420 g/mol. The maximum absolute atomic E-state index is 12.5. The predicted molar refractivity (Wildman–Crippen MR) is 120 cm³/mol. The summed E-state index contributed by atoms with van der Waals surface area (Å²) >= 11 is 1.48. The molecule has 156 valence electrons. The van der Waals surface area contributed by atoms with Crippen LogP contribution in [0, 0.1) is 6.92 Å². The minimum Gasteiger partial charge on any atom is -0.378 e. The Morgan fingerprint density at radius 2 is 1.80 bits per heavy atom. The number of aryl methyl sites for hydroxylation is 1. The molecule has 0 bridgehead atoms. The fourth-order valence-corrected chi connectivity index (χ4v) is 4.83. The van der Waals surface area contributed by atoms with E-state index < -0.39 is 10.0 Å². The van der Waals surface area contributed by atoms with E-state index in [0.717, 1.165) is 39.9 Å². The first-order valence-corrected chi connectivity index (χ1v) is 11.8. The molecule has 1 saturated heterocycles. The molecule has 7 nitrogen and oxygen atoms in total. The Hall–Kier alpha value is -2.75. The summed E-state index contributed by atoms with van der Waals surface area (Å²) in [5.41, 5.74) is 2.72. The highest BCUT2D eigenvalue weighted by Crippen LogP contribution is 2.32. The Morgan fingerprint density at radius 3 is 2.50 bits per heavy atom. The topological polar surface area (TPSA) is 83.9 Å². The van der Waals surface area contributed by atoms with Gasteiger partial charge in [-0.2, -0.15) is 13.5 Å². The molecule has 30 heavy (non-hydrogen) atoms. The lowest BCUT2D eigenvalue weighted by atomic mass is 10.1. The van der Waals surface area contributed by atoms with Crippen molar-refractivity contribution in [1.29, 1.82) is 0 Å². The third-order valence-electron chi connectivity index (χ3n) is 4.66. The molecule has 2 aromatic carbocycles. The molecule has 0 aliphatic carbocycles. The third-order valence-corrected chi connectivity index (χ3v) is 6.95. The number of anilines is 1. The molecule has 0 radical (unpaired) electrons. The van der Waals surface area contributed by atoms with Gasteiger partial charge in [0, 0.05) is 18.7 Å². The Bertz CT molecular complexity index is 1120. The van der Waals surface area contributed by atoms with Crippen LogP contribution in [0.25, 0.3) is 11.3 Å². The van der Waals surface area contributed by atoms with E-state index >= 15 is 0 Å². The molecule has 1 N–H and O–H groups in total.